The van der Waals surface area contributed by atoms with Crippen LogP contribution in [0, 0.1) is 0 Å². The standard InChI is InChI=1S/C29H33NO5/c1-34-28-18-21(6-7-24(28)20-30-14-2-3-15-30)17-23-8-11-25(31)19-27(23)22-9-12-26(13-10-22)35-16-4-5-29(32)33/h6-13,18-19,31H,2-5,14-17,20H2,1H3,(H,32,33). The third-order valence-corrected chi connectivity index (χ3v) is 6.40. The van der Waals surface area contributed by atoms with E-state index in [-0.39, 0.29) is 12.2 Å². The third-order valence-electron chi connectivity index (χ3n) is 6.40. The Balaban J connectivity index is 1.49. The van der Waals surface area contributed by atoms with Crippen molar-refractivity contribution < 1.29 is 24.5 Å². The Kier molecular flexibility index (Phi) is 8.27. The number of rotatable bonds is 11. The summed E-state index contributed by atoms with van der Waals surface area (Å²) in [6.45, 7) is 3.57. The number of nitrogens with zero attached hydrogens (tertiary/aromatic N) is 1. The molecule has 0 amide bonds. The number of carbonyl (C=O) groups is 1. The molecule has 1 aliphatic rings. The van der Waals surface area contributed by atoms with Crippen molar-refractivity contribution in [2.24, 2.45) is 0 Å². The molecule has 0 radical (unpaired) electrons. The number of likely N-dealkylation sites (tertiary alicyclic amines) is 1. The zero-order chi connectivity index (χ0) is 24.6. The van der Waals surface area contributed by atoms with Gasteiger partial charge in [-0.25, -0.2) is 0 Å². The molecule has 35 heavy (non-hydrogen) atoms. The summed E-state index contributed by atoms with van der Waals surface area (Å²) >= 11 is 0. The Labute approximate surface area is 206 Å². The summed E-state index contributed by atoms with van der Waals surface area (Å²) in [5.74, 6) is 1.01. The van der Waals surface area contributed by atoms with Gasteiger partial charge in [-0.15, -0.1) is 0 Å². The number of hydrogen-bond acceptors (Lipinski definition) is 5. The lowest BCUT2D eigenvalue weighted by atomic mass is 9.94. The van der Waals surface area contributed by atoms with Crippen molar-refractivity contribution >= 4 is 5.97 Å². The van der Waals surface area contributed by atoms with Crippen LogP contribution < -0.4 is 9.47 Å². The molecule has 0 spiro atoms. The van der Waals surface area contributed by atoms with E-state index in [1.165, 1.54) is 18.4 Å². The number of carboxylic acid groups (broad SMARTS) is 1. The summed E-state index contributed by atoms with van der Waals surface area (Å²) in [6, 6.07) is 19.6. The van der Waals surface area contributed by atoms with E-state index < -0.39 is 5.97 Å². The summed E-state index contributed by atoms with van der Waals surface area (Å²) in [5.41, 5.74) is 5.40. The number of phenolic OH excluding ortho intramolecular Hbond substituents is 1. The molecular weight excluding hydrogens is 442 g/mol. The molecule has 0 atom stereocenters. The number of carboxylic acids is 1. The van der Waals surface area contributed by atoms with Crippen LogP contribution in [0.15, 0.2) is 60.7 Å². The molecule has 0 bridgehead atoms. The molecule has 184 valence electrons. The lowest BCUT2D eigenvalue weighted by molar-refractivity contribution is -0.137. The van der Waals surface area contributed by atoms with E-state index in [1.807, 2.05) is 30.3 Å². The molecule has 3 aromatic carbocycles. The predicted octanol–water partition coefficient (Wildman–Crippen LogP) is 5.50. The largest absolute Gasteiger partial charge is 0.508 e. The van der Waals surface area contributed by atoms with Gasteiger partial charge >= 0.3 is 5.97 Å². The minimum atomic E-state index is -0.820. The maximum absolute atomic E-state index is 10.6. The van der Waals surface area contributed by atoms with E-state index >= 15 is 0 Å². The van der Waals surface area contributed by atoms with Gasteiger partial charge in [0.2, 0.25) is 0 Å². The van der Waals surface area contributed by atoms with E-state index in [0.29, 0.717) is 25.2 Å². The second-order valence-electron chi connectivity index (χ2n) is 9.02. The van der Waals surface area contributed by atoms with Crippen molar-refractivity contribution in [2.75, 3.05) is 26.8 Å². The number of aromatic hydroxyl groups is 1. The summed E-state index contributed by atoms with van der Waals surface area (Å²) in [5, 5.41) is 18.9. The van der Waals surface area contributed by atoms with Crippen LogP contribution in [0.3, 0.4) is 0 Å². The van der Waals surface area contributed by atoms with Crippen molar-refractivity contribution in [3.05, 3.63) is 77.4 Å². The first-order chi connectivity index (χ1) is 17.0. The smallest absolute Gasteiger partial charge is 0.303 e. The lowest BCUT2D eigenvalue weighted by Gasteiger charge is -2.18. The Bertz CT molecular complexity index is 1140. The van der Waals surface area contributed by atoms with E-state index in [0.717, 1.165) is 47.6 Å². The molecule has 1 heterocycles. The van der Waals surface area contributed by atoms with Gasteiger partial charge in [0.25, 0.3) is 0 Å². The fourth-order valence-corrected chi connectivity index (χ4v) is 4.56. The van der Waals surface area contributed by atoms with Crippen LogP contribution in [0.5, 0.6) is 17.2 Å². The minimum absolute atomic E-state index is 0.0920. The molecule has 1 saturated heterocycles. The summed E-state index contributed by atoms with van der Waals surface area (Å²) in [6.07, 6.45) is 3.80. The Hall–Kier alpha value is -3.51. The number of phenols is 1. The van der Waals surface area contributed by atoms with Gasteiger partial charge in [0, 0.05) is 18.5 Å². The van der Waals surface area contributed by atoms with Gasteiger partial charge in [-0.3, -0.25) is 9.69 Å². The van der Waals surface area contributed by atoms with E-state index in [9.17, 15) is 9.90 Å². The molecule has 1 aliphatic heterocycles. The van der Waals surface area contributed by atoms with Crippen molar-refractivity contribution in [3.8, 4) is 28.4 Å². The van der Waals surface area contributed by atoms with Crippen LogP contribution in [0.2, 0.25) is 0 Å². The van der Waals surface area contributed by atoms with Crippen molar-refractivity contribution in [2.45, 2.75) is 38.6 Å². The van der Waals surface area contributed by atoms with Crippen molar-refractivity contribution in [3.63, 3.8) is 0 Å². The summed E-state index contributed by atoms with van der Waals surface area (Å²) in [4.78, 5) is 13.1. The number of hydrogen-bond donors (Lipinski definition) is 2. The molecule has 4 rings (SSSR count). The number of aliphatic carboxylic acids is 1. The summed E-state index contributed by atoms with van der Waals surface area (Å²) < 4.78 is 11.4. The van der Waals surface area contributed by atoms with Gasteiger partial charge < -0.3 is 19.7 Å². The fraction of sp³-hybridized carbons (Fsp3) is 0.345. The zero-order valence-electron chi connectivity index (χ0n) is 20.2. The number of ether oxygens (including phenoxy) is 2. The monoisotopic (exact) mass is 475 g/mol. The third kappa shape index (κ3) is 6.76. The van der Waals surface area contributed by atoms with E-state index in [1.54, 1.807) is 19.2 Å². The quantitative estimate of drug-likeness (QED) is 0.357. The first-order valence-corrected chi connectivity index (χ1v) is 12.2. The van der Waals surface area contributed by atoms with Crippen LogP contribution >= 0.6 is 0 Å². The van der Waals surface area contributed by atoms with Crippen LogP contribution in [-0.2, 0) is 17.8 Å². The molecule has 0 aliphatic carbocycles. The van der Waals surface area contributed by atoms with Gasteiger partial charge in [-0.2, -0.15) is 0 Å². The van der Waals surface area contributed by atoms with Gasteiger partial charge in [-0.05, 0) is 91.4 Å². The predicted molar refractivity (Wildman–Crippen MR) is 136 cm³/mol. The van der Waals surface area contributed by atoms with E-state index in [2.05, 4.69) is 23.1 Å². The second kappa shape index (κ2) is 11.8. The molecular formula is C29H33NO5. The lowest BCUT2D eigenvalue weighted by Crippen LogP contribution is -2.18. The molecule has 6 heteroatoms. The normalized spacial score (nSPS) is 13.6. The highest BCUT2D eigenvalue weighted by Gasteiger charge is 2.15. The molecule has 0 unspecified atom stereocenters. The van der Waals surface area contributed by atoms with E-state index in [4.69, 9.17) is 14.6 Å². The van der Waals surface area contributed by atoms with Crippen LogP contribution in [0.1, 0.15) is 42.4 Å². The second-order valence-corrected chi connectivity index (χ2v) is 9.02. The van der Waals surface area contributed by atoms with Crippen molar-refractivity contribution in [1.82, 2.24) is 4.90 Å². The molecule has 0 saturated carbocycles. The first kappa shape index (κ1) is 24.6. The molecule has 0 aromatic heterocycles. The zero-order valence-corrected chi connectivity index (χ0v) is 20.2. The Morgan fingerprint density at radius 3 is 2.43 bits per heavy atom. The first-order valence-electron chi connectivity index (χ1n) is 12.2. The van der Waals surface area contributed by atoms with Crippen molar-refractivity contribution in [1.29, 1.82) is 0 Å². The number of methoxy groups -OCH3 is 1. The van der Waals surface area contributed by atoms with Crippen LogP contribution in [0.25, 0.3) is 11.1 Å². The molecule has 3 aromatic rings. The molecule has 6 nitrogen and oxygen atoms in total. The molecule has 1 fully saturated rings. The Morgan fingerprint density at radius 1 is 0.971 bits per heavy atom. The van der Waals surface area contributed by atoms with Gasteiger partial charge in [0.1, 0.15) is 17.2 Å². The fourth-order valence-electron chi connectivity index (χ4n) is 4.56. The highest BCUT2D eigenvalue weighted by molar-refractivity contribution is 5.70. The average molecular weight is 476 g/mol. The highest BCUT2D eigenvalue weighted by atomic mass is 16.5. The number of benzene rings is 3. The maximum atomic E-state index is 10.6. The SMILES string of the molecule is COc1cc(Cc2ccc(O)cc2-c2ccc(OCCCC(=O)O)cc2)ccc1CN1CCCC1. The topological polar surface area (TPSA) is 79.2 Å². The highest BCUT2D eigenvalue weighted by Crippen LogP contribution is 2.32. The van der Waals surface area contributed by atoms with Crippen LogP contribution in [-0.4, -0.2) is 47.9 Å². The Morgan fingerprint density at radius 2 is 1.71 bits per heavy atom. The minimum Gasteiger partial charge on any atom is -0.508 e. The van der Waals surface area contributed by atoms with Gasteiger partial charge in [-0.1, -0.05) is 30.3 Å². The van der Waals surface area contributed by atoms with Gasteiger partial charge in [0.15, 0.2) is 0 Å². The molecule has 2 N–H and O–H groups in total. The summed E-state index contributed by atoms with van der Waals surface area (Å²) in [7, 11) is 1.73. The van der Waals surface area contributed by atoms with Crippen LogP contribution in [0.4, 0.5) is 0 Å². The average Bonchev–Trinajstić information content (AvgIpc) is 3.37. The van der Waals surface area contributed by atoms with Gasteiger partial charge in [0.05, 0.1) is 13.7 Å². The maximum Gasteiger partial charge on any atom is 0.303 e.